The van der Waals surface area contributed by atoms with Crippen molar-refractivity contribution in [3.8, 4) is 5.75 Å². The Bertz CT molecular complexity index is 1410. The lowest BCUT2D eigenvalue weighted by Crippen LogP contribution is -2.42. The average Bonchev–Trinajstić information content (AvgIpc) is 2.82. The standard InChI is InChI=1S/C23H20ClN5O4/c1-2-33-18-9-7-17(8-10-18)27-19(30)14-28-21-20(25-11-12-26-21)22(31)29(23(28)32)13-15-3-5-16(24)6-4-15/h3-12H,2,13-14H2,1H3,(H,27,30). The first kappa shape index (κ1) is 22.2. The van der Waals surface area contributed by atoms with E-state index in [1.54, 1.807) is 48.5 Å². The molecule has 0 aliphatic rings. The average molecular weight is 466 g/mol. The number of rotatable bonds is 7. The number of aromatic nitrogens is 4. The number of nitrogens with one attached hydrogen (secondary N) is 1. The number of hydrogen-bond acceptors (Lipinski definition) is 6. The zero-order valence-corrected chi connectivity index (χ0v) is 18.5. The molecule has 0 unspecified atom stereocenters. The van der Waals surface area contributed by atoms with E-state index in [2.05, 4.69) is 15.3 Å². The van der Waals surface area contributed by atoms with Crippen LogP contribution in [0.3, 0.4) is 0 Å². The first-order chi connectivity index (χ1) is 16.0. The van der Waals surface area contributed by atoms with Crippen LogP contribution in [0.5, 0.6) is 5.75 Å². The molecule has 1 N–H and O–H groups in total. The van der Waals surface area contributed by atoms with Gasteiger partial charge in [-0.05, 0) is 48.9 Å². The Morgan fingerprint density at radius 3 is 2.39 bits per heavy atom. The van der Waals surface area contributed by atoms with Crippen molar-refractivity contribution in [2.24, 2.45) is 0 Å². The van der Waals surface area contributed by atoms with E-state index in [-0.39, 0.29) is 24.3 Å². The first-order valence-electron chi connectivity index (χ1n) is 10.2. The van der Waals surface area contributed by atoms with E-state index in [0.717, 1.165) is 9.13 Å². The van der Waals surface area contributed by atoms with Crippen molar-refractivity contribution >= 4 is 34.4 Å². The second kappa shape index (κ2) is 9.66. The highest BCUT2D eigenvalue weighted by Gasteiger charge is 2.17. The minimum Gasteiger partial charge on any atom is -0.494 e. The quantitative estimate of drug-likeness (QED) is 0.449. The van der Waals surface area contributed by atoms with Gasteiger partial charge in [0.2, 0.25) is 5.91 Å². The molecule has 0 saturated heterocycles. The summed E-state index contributed by atoms with van der Waals surface area (Å²) in [5.74, 6) is 0.229. The fourth-order valence-electron chi connectivity index (χ4n) is 3.33. The molecule has 2 heterocycles. The monoisotopic (exact) mass is 465 g/mol. The van der Waals surface area contributed by atoms with Crippen LogP contribution < -0.4 is 21.3 Å². The maximum absolute atomic E-state index is 13.2. The van der Waals surface area contributed by atoms with Gasteiger partial charge in [-0.3, -0.25) is 18.7 Å². The van der Waals surface area contributed by atoms with E-state index in [9.17, 15) is 14.4 Å². The van der Waals surface area contributed by atoms with Crippen molar-refractivity contribution in [3.05, 3.63) is 92.3 Å². The van der Waals surface area contributed by atoms with Gasteiger partial charge in [-0.15, -0.1) is 0 Å². The van der Waals surface area contributed by atoms with Gasteiger partial charge in [-0.2, -0.15) is 0 Å². The van der Waals surface area contributed by atoms with Crippen LogP contribution in [0, 0.1) is 0 Å². The third-order valence-corrected chi connectivity index (χ3v) is 5.10. The fourth-order valence-corrected chi connectivity index (χ4v) is 3.46. The van der Waals surface area contributed by atoms with Crippen LogP contribution >= 0.6 is 11.6 Å². The van der Waals surface area contributed by atoms with Crippen molar-refractivity contribution in [2.45, 2.75) is 20.0 Å². The van der Waals surface area contributed by atoms with Gasteiger partial charge in [-0.25, -0.2) is 14.8 Å². The summed E-state index contributed by atoms with van der Waals surface area (Å²) in [6.07, 6.45) is 2.73. The van der Waals surface area contributed by atoms with Gasteiger partial charge in [-0.1, -0.05) is 23.7 Å². The van der Waals surface area contributed by atoms with Gasteiger partial charge in [0, 0.05) is 23.1 Å². The molecule has 2 aromatic heterocycles. The van der Waals surface area contributed by atoms with E-state index in [4.69, 9.17) is 16.3 Å². The molecule has 0 aliphatic carbocycles. The van der Waals surface area contributed by atoms with Gasteiger partial charge in [0.05, 0.1) is 13.2 Å². The van der Waals surface area contributed by atoms with Gasteiger partial charge in [0.15, 0.2) is 11.2 Å². The van der Waals surface area contributed by atoms with E-state index >= 15 is 0 Å². The molecule has 0 fully saturated rings. The zero-order chi connectivity index (χ0) is 23.4. The number of nitrogens with zero attached hydrogens (tertiary/aromatic N) is 4. The van der Waals surface area contributed by atoms with Gasteiger partial charge in [0.25, 0.3) is 5.56 Å². The number of benzene rings is 2. The summed E-state index contributed by atoms with van der Waals surface area (Å²) < 4.78 is 7.57. The number of amides is 1. The summed E-state index contributed by atoms with van der Waals surface area (Å²) in [6, 6.07) is 13.7. The van der Waals surface area contributed by atoms with Gasteiger partial charge < -0.3 is 10.1 Å². The number of halogens is 1. The van der Waals surface area contributed by atoms with E-state index < -0.39 is 17.2 Å². The summed E-state index contributed by atoms with van der Waals surface area (Å²) in [5.41, 5.74) is 0.0428. The molecular weight excluding hydrogens is 446 g/mol. The van der Waals surface area contributed by atoms with Crippen LogP contribution in [-0.4, -0.2) is 31.6 Å². The van der Waals surface area contributed by atoms with Crippen molar-refractivity contribution in [2.75, 3.05) is 11.9 Å². The molecule has 4 rings (SSSR count). The number of anilines is 1. The lowest BCUT2D eigenvalue weighted by molar-refractivity contribution is -0.116. The summed E-state index contributed by atoms with van der Waals surface area (Å²) in [7, 11) is 0. The number of carbonyl (C=O) groups excluding carboxylic acids is 1. The van der Waals surface area contributed by atoms with Crippen molar-refractivity contribution < 1.29 is 9.53 Å². The lowest BCUT2D eigenvalue weighted by atomic mass is 10.2. The van der Waals surface area contributed by atoms with Crippen LogP contribution in [0.25, 0.3) is 11.2 Å². The second-order valence-electron chi connectivity index (χ2n) is 7.12. The number of carbonyl (C=O) groups is 1. The lowest BCUT2D eigenvalue weighted by Gasteiger charge is -2.13. The fraction of sp³-hybridized carbons (Fsp3) is 0.174. The van der Waals surface area contributed by atoms with Crippen LogP contribution in [0.2, 0.25) is 5.02 Å². The maximum Gasteiger partial charge on any atom is 0.333 e. The summed E-state index contributed by atoms with van der Waals surface area (Å²) >= 11 is 5.92. The molecular formula is C23H20ClN5O4. The predicted molar refractivity (Wildman–Crippen MR) is 125 cm³/mol. The highest BCUT2D eigenvalue weighted by molar-refractivity contribution is 6.30. The Labute approximate surface area is 193 Å². The smallest absolute Gasteiger partial charge is 0.333 e. The summed E-state index contributed by atoms with van der Waals surface area (Å²) in [4.78, 5) is 47.1. The van der Waals surface area contributed by atoms with Crippen LogP contribution in [0.15, 0.2) is 70.5 Å². The Kier molecular flexibility index (Phi) is 6.50. The van der Waals surface area contributed by atoms with Crippen molar-refractivity contribution in [3.63, 3.8) is 0 Å². The normalized spacial score (nSPS) is 10.8. The minimum absolute atomic E-state index is 0.0000640. The highest BCUT2D eigenvalue weighted by atomic mass is 35.5. The Morgan fingerprint density at radius 2 is 1.70 bits per heavy atom. The zero-order valence-electron chi connectivity index (χ0n) is 17.7. The van der Waals surface area contributed by atoms with Crippen LogP contribution in [-0.2, 0) is 17.9 Å². The molecule has 0 saturated carbocycles. The summed E-state index contributed by atoms with van der Waals surface area (Å²) in [6.45, 7) is 2.07. The SMILES string of the molecule is CCOc1ccc(NC(=O)Cn2c(=O)n(Cc3ccc(Cl)cc3)c(=O)c3nccnc32)cc1. The Morgan fingerprint density at radius 1 is 1.00 bits per heavy atom. The number of ether oxygens (including phenoxy) is 1. The van der Waals surface area contributed by atoms with Gasteiger partial charge >= 0.3 is 5.69 Å². The molecule has 0 bridgehead atoms. The van der Waals surface area contributed by atoms with Crippen molar-refractivity contribution in [1.29, 1.82) is 0 Å². The molecule has 9 nitrogen and oxygen atoms in total. The third-order valence-electron chi connectivity index (χ3n) is 4.85. The van der Waals surface area contributed by atoms with E-state index in [0.29, 0.717) is 28.6 Å². The molecule has 4 aromatic rings. The Balaban J connectivity index is 1.67. The minimum atomic E-state index is -0.662. The third kappa shape index (κ3) is 4.93. The van der Waals surface area contributed by atoms with Crippen LogP contribution in [0.1, 0.15) is 12.5 Å². The summed E-state index contributed by atoms with van der Waals surface area (Å²) in [5, 5.41) is 3.28. The maximum atomic E-state index is 13.2. The molecule has 0 spiro atoms. The predicted octanol–water partition coefficient (Wildman–Crippen LogP) is 2.69. The molecule has 0 atom stereocenters. The van der Waals surface area contributed by atoms with Gasteiger partial charge in [0.1, 0.15) is 12.3 Å². The molecule has 2 aromatic carbocycles. The topological polar surface area (TPSA) is 108 Å². The number of fused-ring (bicyclic) bond motifs is 1. The Hall–Kier alpha value is -3.98. The molecule has 33 heavy (non-hydrogen) atoms. The van der Waals surface area contributed by atoms with Crippen molar-refractivity contribution in [1.82, 2.24) is 19.1 Å². The largest absolute Gasteiger partial charge is 0.494 e. The highest BCUT2D eigenvalue weighted by Crippen LogP contribution is 2.16. The first-order valence-corrected chi connectivity index (χ1v) is 10.6. The molecule has 10 heteroatoms. The molecule has 168 valence electrons. The van der Waals surface area contributed by atoms with E-state index in [1.807, 2.05) is 6.92 Å². The molecule has 1 amide bonds. The molecule has 0 aliphatic heterocycles. The number of hydrogen-bond donors (Lipinski definition) is 1. The second-order valence-corrected chi connectivity index (χ2v) is 7.56. The van der Waals surface area contributed by atoms with E-state index in [1.165, 1.54) is 12.4 Å². The molecule has 0 radical (unpaired) electrons. The van der Waals surface area contributed by atoms with Crippen LogP contribution in [0.4, 0.5) is 5.69 Å².